The molecule has 1 fully saturated rings. The monoisotopic (exact) mass is 287 g/mol. The molecule has 112 valence electrons. The first-order valence-electron chi connectivity index (χ1n) is 6.86. The van der Waals surface area contributed by atoms with Crippen LogP contribution in [0.2, 0.25) is 0 Å². The fourth-order valence-electron chi connectivity index (χ4n) is 2.61. The van der Waals surface area contributed by atoms with Crippen LogP contribution in [0.15, 0.2) is 12.1 Å². The summed E-state index contributed by atoms with van der Waals surface area (Å²) in [6.45, 7) is 4.93. The number of alkyl halides is 3. The minimum absolute atomic E-state index is 0.199. The summed E-state index contributed by atoms with van der Waals surface area (Å²) in [5, 5.41) is 2.71. The molecule has 0 amide bonds. The van der Waals surface area contributed by atoms with Gasteiger partial charge in [-0.1, -0.05) is 6.92 Å². The van der Waals surface area contributed by atoms with E-state index in [2.05, 4.69) is 17.2 Å². The first-order valence-corrected chi connectivity index (χ1v) is 6.86. The van der Waals surface area contributed by atoms with Crippen molar-refractivity contribution in [1.82, 2.24) is 4.98 Å². The minimum Gasteiger partial charge on any atom is -0.373 e. The van der Waals surface area contributed by atoms with E-state index in [0.29, 0.717) is 11.7 Å². The lowest BCUT2D eigenvalue weighted by Crippen LogP contribution is -2.43. The highest BCUT2D eigenvalue weighted by atomic mass is 19.4. The third-order valence-corrected chi connectivity index (χ3v) is 4.06. The molecule has 0 radical (unpaired) electrons. The number of anilines is 2. The smallest absolute Gasteiger partial charge is 0.373 e. The van der Waals surface area contributed by atoms with E-state index < -0.39 is 11.7 Å². The molecule has 1 aromatic heterocycles. The Morgan fingerprint density at radius 1 is 1.30 bits per heavy atom. The van der Waals surface area contributed by atoms with Crippen molar-refractivity contribution in [3.8, 4) is 0 Å². The summed E-state index contributed by atoms with van der Waals surface area (Å²) in [5.41, 5.74) is -0.655. The Morgan fingerprint density at radius 2 is 2.00 bits per heavy atom. The Kier molecular flexibility index (Phi) is 4.11. The van der Waals surface area contributed by atoms with Crippen LogP contribution >= 0.6 is 0 Å². The van der Waals surface area contributed by atoms with E-state index in [0.717, 1.165) is 31.5 Å². The maximum Gasteiger partial charge on any atom is 0.416 e. The number of hydrogen-bond acceptors (Lipinski definition) is 3. The lowest BCUT2D eigenvalue weighted by atomic mass is 9.92. The average Bonchev–Trinajstić information content (AvgIpc) is 2.40. The lowest BCUT2D eigenvalue weighted by Gasteiger charge is -2.39. The Bertz CT molecular complexity index is 473. The zero-order valence-corrected chi connectivity index (χ0v) is 12.0. The van der Waals surface area contributed by atoms with Gasteiger partial charge >= 0.3 is 6.18 Å². The van der Waals surface area contributed by atoms with Crippen LogP contribution in [0, 0.1) is 5.92 Å². The molecule has 1 aromatic rings. The molecule has 0 aromatic carbocycles. The number of rotatable bonds is 2. The van der Waals surface area contributed by atoms with Crippen LogP contribution < -0.4 is 10.2 Å². The van der Waals surface area contributed by atoms with Crippen LogP contribution in [0.1, 0.15) is 32.3 Å². The molecule has 20 heavy (non-hydrogen) atoms. The second-order valence-electron chi connectivity index (χ2n) is 5.40. The zero-order chi connectivity index (χ0) is 14.9. The summed E-state index contributed by atoms with van der Waals surface area (Å²) in [6, 6.07) is 2.39. The summed E-state index contributed by atoms with van der Waals surface area (Å²) in [5.74, 6) is 1.11. The van der Waals surface area contributed by atoms with E-state index in [1.54, 1.807) is 7.05 Å². The second kappa shape index (κ2) is 5.50. The third-order valence-electron chi connectivity index (χ3n) is 4.06. The molecule has 1 N–H and O–H groups in total. The van der Waals surface area contributed by atoms with Crippen LogP contribution in [0.25, 0.3) is 0 Å². The summed E-state index contributed by atoms with van der Waals surface area (Å²) in [7, 11) is 1.58. The van der Waals surface area contributed by atoms with Gasteiger partial charge in [0.25, 0.3) is 0 Å². The van der Waals surface area contributed by atoms with Crippen LogP contribution in [-0.2, 0) is 6.18 Å². The fourth-order valence-corrected chi connectivity index (χ4v) is 2.61. The quantitative estimate of drug-likeness (QED) is 0.897. The maximum absolute atomic E-state index is 13.0. The number of nitrogens with zero attached hydrogens (tertiary/aromatic N) is 2. The Morgan fingerprint density at radius 3 is 2.60 bits per heavy atom. The van der Waals surface area contributed by atoms with Crippen molar-refractivity contribution in [1.29, 1.82) is 0 Å². The van der Waals surface area contributed by atoms with Crippen molar-refractivity contribution in [2.24, 2.45) is 5.92 Å². The Balaban J connectivity index is 2.40. The number of pyridine rings is 1. The molecule has 6 heteroatoms. The average molecular weight is 287 g/mol. The van der Waals surface area contributed by atoms with E-state index >= 15 is 0 Å². The van der Waals surface area contributed by atoms with E-state index in [-0.39, 0.29) is 11.9 Å². The molecule has 2 rings (SSSR count). The molecular weight excluding hydrogens is 267 g/mol. The standard InChI is InChI=1S/C14H20F3N3/c1-9-5-4-6-20(10(9)2)13-8-11(14(15,16)17)7-12(18-3)19-13/h7-10H,4-6H2,1-3H3,(H,18,19). The van der Waals surface area contributed by atoms with Crippen molar-refractivity contribution in [2.45, 2.75) is 38.9 Å². The number of piperidine rings is 1. The molecule has 3 nitrogen and oxygen atoms in total. The van der Waals surface area contributed by atoms with Gasteiger partial charge in [-0.3, -0.25) is 0 Å². The van der Waals surface area contributed by atoms with Crippen molar-refractivity contribution in [3.63, 3.8) is 0 Å². The molecule has 2 unspecified atom stereocenters. The van der Waals surface area contributed by atoms with Gasteiger partial charge in [0.05, 0.1) is 5.56 Å². The molecule has 0 spiro atoms. The van der Waals surface area contributed by atoms with Gasteiger partial charge < -0.3 is 10.2 Å². The molecule has 2 heterocycles. The number of nitrogens with one attached hydrogen (secondary N) is 1. The van der Waals surface area contributed by atoms with Crippen LogP contribution in [0.5, 0.6) is 0 Å². The van der Waals surface area contributed by atoms with Gasteiger partial charge in [-0.15, -0.1) is 0 Å². The van der Waals surface area contributed by atoms with Crippen LogP contribution in [-0.4, -0.2) is 24.6 Å². The fraction of sp³-hybridized carbons (Fsp3) is 0.643. The summed E-state index contributed by atoms with van der Waals surface area (Å²) in [6.07, 6.45) is -2.26. The van der Waals surface area contributed by atoms with Gasteiger partial charge in [0.15, 0.2) is 0 Å². The highest BCUT2D eigenvalue weighted by Gasteiger charge is 2.33. The third kappa shape index (κ3) is 2.99. The van der Waals surface area contributed by atoms with Gasteiger partial charge in [0.1, 0.15) is 11.6 Å². The van der Waals surface area contributed by atoms with Gasteiger partial charge in [0, 0.05) is 19.6 Å². The molecular formula is C14H20F3N3. The number of hydrogen-bond donors (Lipinski definition) is 1. The van der Waals surface area contributed by atoms with Gasteiger partial charge in [-0.25, -0.2) is 4.98 Å². The SMILES string of the molecule is CNc1cc(C(F)(F)F)cc(N2CCCC(C)C2C)n1. The van der Waals surface area contributed by atoms with Crippen molar-refractivity contribution in [2.75, 3.05) is 23.8 Å². The van der Waals surface area contributed by atoms with E-state index in [1.807, 2.05) is 11.8 Å². The minimum atomic E-state index is -4.35. The van der Waals surface area contributed by atoms with Crippen LogP contribution in [0.3, 0.4) is 0 Å². The molecule has 0 aliphatic carbocycles. The highest BCUT2D eigenvalue weighted by molar-refractivity contribution is 5.52. The zero-order valence-electron chi connectivity index (χ0n) is 12.0. The molecule has 1 aliphatic rings. The van der Waals surface area contributed by atoms with Gasteiger partial charge in [-0.2, -0.15) is 13.2 Å². The predicted molar refractivity (Wildman–Crippen MR) is 74.0 cm³/mol. The lowest BCUT2D eigenvalue weighted by molar-refractivity contribution is -0.137. The second-order valence-corrected chi connectivity index (χ2v) is 5.40. The predicted octanol–water partition coefficient (Wildman–Crippen LogP) is 3.77. The first-order chi connectivity index (χ1) is 9.32. The van der Waals surface area contributed by atoms with Crippen LogP contribution in [0.4, 0.5) is 24.8 Å². The Hall–Kier alpha value is -1.46. The molecule has 2 atom stereocenters. The van der Waals surface area contributed by atoms with E-state index in [4.69, 9.17) is 0 Å². The van der Waals surface area contributed by atoms with E-state index in [1.165, 1.54) is 0 Å². The molecule has 1 aliphatic heterocycles. The maximum atomic E-state index is 13.0. The highest BCUT2D eigenvalue weighted by Crippen LogP contribution is 2.35. The molecule has 0 saturated carbocycles. The topological polar surface area (TPSA) is 28.2 Å². The molecule has 1 saturated heterocycles. The van der Waals surface area contributed by atoms with Gasteiger partial charge in [0.2, 0.25) is 0 Å². The number of halogens is 3. The van der Waals surface area contributed by atoms with Crippen molar-refractivity contribution >= 4 is 11.6 Å². The number of aromatic nitrogens is 1. The molecule has 0 bridgehead atoms. The normalized spacial score (nSPS) is 23.8. The first kappa shape index (κ1) is 14.9. The van der Waals surface area contributed by atoms with E-state index in [9.17, 15) is 13.2 Å². The summed E-state index contributed by atoms with van der Waals surface area (Å²) in [4.78, 5) is 6.27. The van der Waals surface area contributed by atoms with Crippen molar-refractivity contribution < 1.29 is 13.2 Å². The summed E-state index contributed by atoms with van der Waals surface area (Å²) < 4.78 is 38.9. The Labute approximate surface area is 117 Å². The van der Waals surface area contributed by atoms with Crippen molar-refractivity contribution in [3.05, 3.63) is 17.7 Å². The largest absolute Gasteiger partial charge is 0.416 e. The van der Waals surface area contributed by atoms with Gasteiger partial charge in [-0.05, 0) is 37.8 Å². The summed E-state index contributed by atoms with van der Waals surface area (Å²) >= 11 is 0.